The van der Waals surface area contributed by atoms with Crippen LogP contribution in [0, 0.1) is 5.41 Å². The molecular weight excluding hydrogens is 332 g/mol. The molecular formula is C20H24N2O2S. The maximum Gasteiger partial charge on any atom is 0.258 e. The molecule has 1 aliphatic heterocycles. The van der Waals surface area contributed by atoms with E-state index >= 15 is 0 Å². The van der Waals surface area contributed by atoms with Crippen LogP contribution in [0.1, 0.15) is 35.2 Å². The third-order valence-electron chi connectivity index (χ3n) is 5.65. The molecule has 2 aromatic rings. The van der Waals surface area contributed by atoms with Gasteiger partial charge in [-0.15, -0.1) is 0 Å². The van der Waals surface area contributed by atoms with E-state index in [0.29, 0.717) is 29.3 Å². The van der Waals surface area contributed by atoms with Gasteiger partial charge < -0.3 is 15.0 Å². The molecule has 132 valence electrons. The van der Waals surface area contributed by atoms with E-state index in [1.807, 2.05) is 24.3 Å². The topological polar surface area (TPSA) is 41.6 Å². The number of carbonyl (C=O) groups excluding carboxylic acids is 1. The fraction of sp³-hybridized carbons (Fsp3) is 0.450. The summed E-state index contributed by atoms with van der Waals surface area (Å²) in [5.41, 5.74) is 2.19. The van der Waals surface area contributed by atoms with Gasteiger partial charge in [-0.25, -0.2) is 0 Å². The molecule has 1 aromatic heterocycles. The average Bonchev–Trinajstić information content (AvgIpc) is 3.08. The number of nitrogens with zero attached hydrogens (tertiary/aromatic N) is 1. The van der Waals surface area contributed by atoms with E-state index in [4.69, 9.17) is 4.74 Å². The summed E-state index contributed by atoms with van der Waals surface area (Å²) >= 11 is 1.68. The van der Waals surface area contributed by atoms with Crippen molar-refractivity contribution >= 4 is 17.2 Å². The Morgan fingerprint density at radius 3 is 2.84 bits per heavy atom. The lowest BCUT2D eigenvalue weighted by Gasteiger charge is -2.30. The molecule has 1 amide bonds. The van der Waals surface area contributed by atoms with Crippen LogP contribution < -0.4 is 10.1 Å². The summed E-state index contributed by atoms with van der Waals surface area (Å²) in [7, 11) is 1.63. The Kier molecular flexibility index (Phi) is 4.52. The van der Waals surface area contributed by atoms with Crippen molar-refractivity contribution in [2.45, 2.75) is 31.8 Å². The van der Waals surface area contributed by atoms with Crippen molar-refractivity contribution < 1.29 is 9.53 Å². The Morgan fingerprint density at radius 1 is 1.32 bits per heavy atom. The van der Waals surface area contributed by atoms with E-state index < -0.39 is 0 Å². The molecule has 4 nitrogen and oxygen atoms in total. The Balaban J connectivity index is 1.62. The third kappa shape index (κ3) is 3.18. The molecule has 1 spiro atoms. The first-order valence-electron chi connectivity index (χ1n) is 8.89. The van der Waals surface area contributed by atoms with Crippen molar-refractivity contribution in [2.24, 2.45) is 5.41 Å². The number of nitrogens with one attached hydrogen (secondary N) is 1. The normalized spacial score (nSPS) is 21.1. The van der Waals surface area contributed by atoms with Gasteiger partial charge in [0.2, 0.25) is 0 Å². The van der Waals surface area contributed by atoms with Gasteiger partial charge in [0.05, 0.1) is 12.7 Å². The monoisotopic (exact) mass is 356 g/mol. The molecule has 0 bridgehead atoms. The van der Waals surface area contributed by atoms with Crippen LogP contribution in [0.15, 0.2) is 41.1 Å². The van der Waals surface area contributed by atoms with Crippen molar-refractivity contribution in [2.75, 3.05) is 20.2 Å². The number of methoxy groups -OCH3 is 1. The number of thiophene rings is 1. The number of rotatable bonds is 5. The quantitative estimate of drug-likeness (QED) is 0.891. The summed E-state index contributed by atoms with van der Waals surface area (Å²) in [4.78, 5) is 15.5. The van der Waals surface area contributed by atoms with E-state index in [-0.39, 0.29) is 5.91 Å². The summed E-state index contributed by atoms with van der Waals surface area (Å²) in [5, 5.41) is 7.66. The highest BCUT2D eigenvalue weighted by Gasteiger charge is 2.57. The van der Waals surface area contributed by atoms with Gasteiger partial charge in [-0.1, -0.05) is 12.1 Å². The maximum atomic E-state index is 13.4. The largest absolute Gasteiger partial charge is 0.496 e. The van der Waals surface area contributed by atoms with Gasteiger partial charge in [0.1, 0.15) is 5.75 Å². The average molecular weight is 356 g/mol. The fourth-order valence-corrected chi connectivity index (χ4v) is 4.77. The fourth-order valence-electron chi connectivity index (χ4n) is 4.11. The summed E-state index contributed by atoms with van der Waals surface area (Å²) in [5.74, 6) is 0.742. The lowest BCUT2D eigenvalue weighted by Crippen LogP contribution is -2.39. The molecule has 1 atom stereocenters. The smallest absolute Gasteiger partial charge is 0.258 e. The molecule has 5 heteroatoms. The van der Waals surface area contributed by atoms with Gasteiger partial charge in [-0.2, -0.15) is 11.3 Å². The minimum atomic E-state index is 0.0871. The number of piperidine rings is 1. The van der Waals surface area contributed by atoms with Crippen molar-refractivity contribution in [3.05, 3.63) is 52.2 Å². The standard InChI is InChI=1S/C20H24N2O2S/c1-24-17-5-3-2-4-16(17)19(23)22(13-15-6-11-25-14-15)18-12-20(18)7-9-21-10-8-20/h2-6,11,14,18,21H,7-10,12-13H2,1H3/t18-/m0/s1. The van der Waals surface area contributed by atoms with Gasteiger partial charge in [-0.05, 0) is 72.3 Å². The molecule has 1 aliphatic carbocycles. The van der Waals surface area contributed by atoms with Crippen molar-refractivity contribution in [3.63, 3.8) is 0 Å². The highest BCUT2D eigenvalue weighted by atomic mass is 32.1. The molecule has 2 heterocycles. The van der Waals surface area contributed by atoms with E-state index in [0.717, 1.165) is 32.4 Å². The predicted octanol–water partition coefficient (Wildman–Crippen LogP) is 3.54. The number of para-hydroxylation sites is 1. The number of amides is 1. The van der Waals surface area contributed by atoms with E-state index in [1.54, 1.807) is 18.4 Å². The Morgan fingerprint density at radius 2 is 2.12 bits per heavy atom. The number of hydrogen-bond donors (Lipinski definition) is 1. The third-order valence-corrected chi connectivity index (χ3v) is 6.39. The van der Waals surface area contributed by atoms with Gasteiger partial charge in [0.25, 0.3) is 5.91 Å². The van der Waals surface area contributed by atoms with Gasteiger partial charge in [0.15, 0.2) is 0 Å². The van der Waals surface area contributed by atoms with Gasteiger partial charge in [0, 0.05) is 12.6 Å². The maximum absolute atomic E-state index is 13.4. The zero-order chi connectivity index (χ0) is 17.3. The highest BCUT2D eigenvalue weighted by molar-refractivity contribution is 7.07. The Bertz CT molecular complexity index is 738. The number of carbonyl (C=O) groups is 1. The SMILES string of the molecule is COc1ccccc1C(=O)N(Cc1ccsc1)[C@H]1CC12CCNCC2. The second kappa shape index (κ2) is 6.81. The Hall–Kier alpha value is -1.85. The van der Waals surface area contributed by atoms with Crippen LogP contribution in [-0.2, 0) is 6.54 Å². The summed E-state index contributed by atoms with van der Waals surface area (Å²) in [6.07, 6.45) is 3.45. The first kappa shape index (κ1) is 16.6. The highest BCUT2D eigenvalue weighted by Crippen LogP contribution is 2.56. The summed E-state index contributed by atoms with van der Waals surface area (Å²) in [6, 6.07) is 10.0. The van der Waals surface area contributed by atoms with Crippen LogP contribution in [0.4, 0.5) is 0 Å². The predicted molar refractivity (Wildman–Crippen MR) is 100 cm³/mol. The van der Waals surface area contributed by atoms with Crippen LogP contribution in [0.5, 0.6) is 5.75 Å². The molecule has 2 fully saturated rings. The molecule has 1 aromatic carbocycles. The molecule has 0 radical (unpaired) electrons. The molecule has 1 saturated carbocycles. The lowest BCUT2D eigenvalue weighted by atomic mass is 9.93. The van der Waals surface area contributed by atoms with Crippen LogP contribution in [-0.4, -0.2) is 37.0 Å². The van der Waals surface area contributed by atoms with Crippen LogP contribution in [0.2, 0.25) is 0 Å². The van der Waals surface area contributed by atoms with E-state index in [9.17, 15) is 4.79 Å². The minimum absolute atomic E-state index is 0.0871. The summed E-state index contributed by atoms with van der Waals surface area (Å²) in [6.45, 7) is 2.80. The van der Waals surface area contributed by atoms with Crippen molar-refractivity contribution in [1.82, 2.24) is 10.2 Å². The number of ether oxygens (including phenoxy) is 1. The first-order chi connectivity index (χ1) is 12.2. The second-order valence-electron chi connectivity index (χ2n) is 7.10. The molecule has 25 heavy (non-hydrogen) atoms. The molecule has 1 saturated heterocycles. The lowest BCUT2D eigenvalue weighted by molar-refractivity contribution is 0.0689. The van der Waals surface area contributed by atoms with Gasteiger partial charge >= 0.3 is 0 Å². The van der Waals surface area contributed by atoms with Crippen LogP contribution >= 0.6 is 11.3 Å². The number of benzene rings is 1. The number of hydrogen-bond acceptors (Lipinski definition) is 4. The zero-order valence-electron chi connectivity index (χ0n) is 14.5. The molecule has 2 aliphatic rings. The first-order valence-corrected chi connectivity index (χ1v) is 9.84. The minimum Gasteiger partial charge on any atom is -0.496 e. The van der Waals surface area contributed by atoms with Crippen molar-refractivity contribution in [1.29, 1.82) is 0 Å². The van der Waals surface area contributed by atoms with Crippen LogP contribution in [0.25, 0.3) is 0 Å². The Labute approximate surface area is 152 Å². The second-order valence-corrected chi connectivity index (χ2v) is 7.88. The summed E-state index contributed by atoms with van der Waals surface area (Å²) < 4.78 is 5.43. The van der Waals surface area contributed by atoms with Gasteiger partial charge in [-0.3, -0.25) is 4.79 Å². The van der Waals surface area contributed by atoms with Crippen molar-refractivity contribution in [3.8, 4) is 5.75 Å². The van der Waals surface area contributed by atoms with E-state index in [1.165, 1.54) is 5.56 Å². The van der Waals surface area contributed by atoms with Crippen LogP contribution in [0.3, 0.4) is 0 Å². The zero-order valence-corrected chi connectivity index (χ0v) is 15.3. The molecule has 1 N–H and O–H groups in total. The molecule has 4 rings (SSSR count). The molecule has 0 unspecified atom stereocenters. The van der Waals surface area contributed by atoms with E-state index in [2.05, 4.69) is 27.0 Å².